The number of hydroxylamine groups is 1. The number of halogens is 1. The van der Waals surface area contributed by atoms with Crippen molar-refractivity contribution in [3.05, 3.63) is 130 Å². The lowest BCUT2D eigenvalue weighted by Gasteiger charge is -2.22. The summed E-state index contributed by atoms with van der Waals surface area (Å²) >= 11 is 0. The molecule has 3 aromatic carbocycles. The lowest BCUT2D eigenvalue weighted by molar-refractivity contribution is 0.0225. The Morgan fingerprint density at radius 3 is 2.10 bits per heavy atom. The molecular formula is C31H30FN3O5. The highest BCUT2D eigenvalue weighted by molar-refractivity contribution is 5.99. The van der Waals surface area contributed by atoms with E-state index in [1.807, 2.05) is 60.7 Å². The molecule has 1 heterocycles. The molecular weight excluding hydrogens is 513 g/mol. The maximum Gasteiger partial charge on any atom is 0.297 e. The van der Waals surface area contributed by atoms with Gasteiger partial charge in [-0.05, 0) is 28.8 Å². The molecule has 0 atom stereocenters. The summed E-state index contributed by atoms with van der Waals surface area (Å²) in [6.07, 6.45) is 1.33. The summed E-state index contributed by atoms with van der Waals surface area (Å²) in [5, 5.41) is 0. The normalized spacial score (nSPS) is 10.7. The monoisotopic (exact) mass is 543 g/mol. The van der Waals surface area contributed by atoms with Crippen molar-refractivity contribution in [2.75, 3.05) is 14.2 Å². The van der Waals surface area contributed by atoms with Gasteiger partial charge >= 0.3 is 0 Å². The first-order chi connectivity index (χ1) is 19.5. The van der Waals surface area contributed by atoms with Gasteiger partial charge in [-0.2, -0.15) is 0 Å². The maximum absolute atomic E-state index is 13.5. The van der Waals surface area contributed by atoms with Crippen LogP contribution in [0, 0.1) is 5.82 Å². The summed E-state index contributed by atoms with van der Waals surface area (Å²) < 4.78 is 24.9. The van der Waals surface area contributed by atoms with Gasteiger partial charge in [0.1, 0.15) is 12.4 Å². The zero-order valence-corrected chi connectivity index (χ0v) is 22.3. The van der Waals surface area contributed by atoms with E-state index < -0.39 is 5.91 Å². The third-order valence-corrected chi connectivity index (χ3v) is 6.02. The first-order valence-corrected chi connectivity index (χ1v) is 12.6. The van der Waals surface area contributed by atoms with Gasteiger partial charge < -0.3 is 14.4 Å². The van der Waals surface area contributed by atoms with Crippen LogP contribution < -0.4 is 10.2 Å². The van der Waals surface area contributed by atoms with Crippen LogP contribution in [0.3, 0.4) is 0 Å². The second-order valence-corrected chi connectivity index (χ2v) is 9.03. The highest BCUT2D eigenvalue weighted by atomic mass is 19.1. The molecule has 0 aliphatic rings. The Balaban J connectivity index is 1.62. The summed E-state index contributed by atoms with van der Waals surface area (Å²) in [5.41, 5.74) is 5.46. The van der Waals surface area contributed by atoms with Crippen molar-refractivity contribution >= 4 is 11.8 Å². The zero-order valence-electron chi connectivity index (χ0n) is 22.3. The van der Waals surface area contributed by atoms with Crippen molar-refractivity contribution < 1.29 is 28.3 Å². The number of pyridine rings is 1. The van der Waals surface area contributed by atoms with Gasteiger partial charge in [-0.1, -0.05) is 72.8 Å². The Morgan fingerprint density at radius 2 is 1.48 bits per heavy atom. The van der Waals surface area contributed by atoms with E-state index in [0.717, 1.165) is 16.7 Å². The maximum atomic E-state index is 13.5. The van der Waals surface area contributed by atoms with Crippen LogP contribution in [-0.2, 0) is 35.9 Å². The Morgan fingerprint density at radius 1 is 0.850 bits per heavy atom. The van der Waals surface area contributed by atoms with Gasteiger partial charge in [-0.25, -0.2) is 14.9 Å². The first-order valence-electron chi connectivity index (χ1n) is 12.6. The third-order valence-electron chi connectivity index (χ3n) is 6.02. The van der Waals surface area contributed by atoms with Crippen molar-refractivity contribution in [1.82, 2.24) is 15.4 Å². The van der Waals surface area contributed by atoms with E-state index in [1.165, 1.54) is 30.3 Å². The summed E-state index contributed by atoms with van der Waals surface area (Å²) in [5.74, 6) is -1.23. The smallest absolute Gasteiger partial charge is 0.297 e. The predicted octanol–water partition coefficient (Wildman–Crippen LogP) is 5.08. The summed E-state index contributed by atoms with van der Waals surface area (Å²) in [6.45, 7) is 0.514. The van der Waals surface area contributed by atoms with Gasteiger partial charge in [0.2, 0.25) is 0 Å². The van der Waals surface area contributed by atoms with Gasteiger partial charge in [-0.3, -0.25) is 14.4 Å². The van der Waals surface area contributed by atoms with E-state index in [2.05, 4.69) is 10.5 Å². The number of benzene rings is 3. The molecule has 2 amide bonds. The van der Waals surface area contributed by atoms with Crippen LogP contribution in [-0.4, -0.2) is 35.9 Å². The molecule has 0 saturated heterocycles. The fourth-order valence-electron chi connectivity index (χ4n) is 4.00. The Hall–Kier alpha value is -4.60. The molecule has 0 saturated carbocycles. The molecule has 9 heteroatoms. The Labute approximate surface area is 232 Å². The van der Waals surface area contributed by atoms with Gasteiger partial charge in [0.15, 0.2) is 11.4 Å². The van der Waals surface area contributed by atoms with Crippen LogP contribution >= 0.6 is 0 Å². The fraction of sp³-hybridized carbons (Fsp3) is 0.194. The number of ether oxygens (including phenoxy) is 2. The van der Waals surface area contributed by atoms with Gasteiger partial charge in [0.25, 0.3) is 11.8 Å². The Kier molecular flexibility index (Phi) is 9.93. The molecule has 0 bridgehead atoms. The molecule has 0 spiro atoms. The molecule has 4 rings (SSSR count). The van der Waals surface area contributed by atoms with Crippen molar-refractivity contribution in [2.45, 2.75) is 26.4 Å². The molecule has 0 unspecified atom stereocenters. The number of hydrogen-bond acceptors (Lipinski definition) is 6. The van der Waals surface area contributed by atoms with Crippen LogP contribution in [0.1, 0.15) is 43.1 Å². The number of amides is 2. The van der Waals surface area contributed by atoms with E-state index in [9.17, 15) is 14.0 Å². The standard InChI is InChI=1S/C31H30FN3O5/c1-35(18-22-13-15-25(32)16-14-22)31(37)26-17-33-28(30(36)34-40-20-24-11-7-4-8-12-24)29(27(26)21-38-2)39-19-23-9-5-3-6-10-23/h3-17H,18-21H2,1-2H3,(H,34,36). The van der Waals surface area contributed by atoms with Crippen molar-refractivity contribution in [3.63, 3.8) is 0 Å². The molecule has 1 N–H and O–H groups in total. The van der Waals surface area contributed by atoms with Crippen LogP contribution in [0.15, 0.2) is 91.1 Å². The van der Waals surface area contributed by atoms with Gasteiger partial charge in [0, 0.05) is 32.5 Å². The quantitative estimate of drug-likeness (QED) is 0.251. The first kappa shape index (κ1) is 28.4. The molecule has 0 aliphatic heterocycles. The predicted molar refractivity (Wildman–Crippen MR) is 147 cm³/mol. The van der Waals surface area contributed by atoms with E-state index in [-0.39, 0.29) is 55.1 Å². The minimum absolute atomic E-state index is 0.0107. The second kappa shape index (κ2) is 14.0. The number of nitrogens with zero attached hydrogens (tertiary/aromatic N) is 2. The number of rotatable bonds is 12. The molecule has 0 fully saturated rings. The lowest BCUT2D eigenvalue weighted by Crippen LogP contribution is -2.29. The van der Waals surface area contributed by atoms with Crippen LogP contribution in [0.5, 0.6) is 5.75 Å². The average molecular weight is 544 g/mol. The van der Waals surface area contributed by atoms with Gasteiger partial charge in [-0.15, -0.1) is 0 Å². The number of carbonyl (C=O) groups is 2. The third kappa shape index (κ3) is 7.49. The number of hydrogen-bond donors (Lipinski definition) is 1. The number of aromatic nitrogens is 1. The van der Waals surface area contributed by atoms with Gasteiger partial charge in [0.05, 0.1) is 18.8 Å². The van der Waals surface area contributed by atoms with Crippen LogP contribution in [0.4, 0.5) is 4.39 Å². The molecule has 40 heavy (non-hydrogen) atoms. The van der Waals surface area contributed by atoms with E-state index in [0.29, 0.717) is 5.56 Å². The second-order valence-electron chi connectivity index (χ2n) is 9.03. The van der Waals surface area contributed by atoms with E-state index in [4.69, 9.17) is 14.3 Å². The topological polar surface area (TPSA) is 90.0 Å². The van der Waals surface area contributed by atoms with Crippen molar-refractivity contribution in [3.8, 4) is 5.75 Å². The fourth-order valence-corrected chi connectivity index (χ4v) is 4.00. The molecule has 4 aromatic rings. The van der Waals surface area contributed by atoms with Crippen molar-refractivity contribution in [1.29, 1.82) is 0 Å². The average Bonchev–Trinajstić information content (AvgIpc) is 2.98. The molecule has 206 valence electrons. The summed E-state index contributed by atoms with van der Waals surface area (Å²) in [4.78, 5) is 37.9. The van der Waals surface area contributed by atoms with E-state index in [1.54, 1.807) is 19.2 Å². The molecule has 8 nitrogen and oxygen atoms in total. The number of carbonyl (C=O) groups excluding carboxylic acids is 2. The highest BCUT2D eigenvalue weighted by Gasteiger charge is 2.26. The number of methoxy groups -OCH3 is 1. The largest absolute Gasteiger partial charge is 0.486 e. The zero-order chi connectivity index (χ0) is 28.3. The summed E-state index contributed by atoms with van der Waals surface area (Å²) in [6, 6.07) is 24.7. The molecule has 1 aromatic heterocycles. The molecule has 0 radical (unpaired) electrons. The van der Waals surface area contributed by atoms with Crippen molar-refractivity contribution in [2.24, 2.45) is 0 Å². The molecule has 0 aliphatic carbocycles. The van der Waals surface area contributed by atoms with Crippen LogP contribution in [0.25, 0.3) is 0 Å². The number of nitrogens with one attached hydrogen (secondary N) is 1. The highest BCUT2D eigenvalue weighted by Crippen LogP contribution is 2.29. The SMILES string of the molecule is COCc1c(C(=O)N(C)Cc2ccc(F)cc2)cnc(C(=O)NOCc2ccccc2)c1OCc1ccccc1. The summed E-state index contributed by atoms with van der Waals surface area (Å²) in [7, 11) is 3.12. The van der Waals surface area contributed by atoms with E-state index >= 15 is 0 Å². The Bertz CT molecular complexity index is 1420. The van der Waals surface area contributed by atoms with Crippen LogP contribution in [0.2, 0.25) is 0 Å². The lowest BCUT2D eigenvalue weighted by atomic mass is 10.1. The minimum Gasteiger partial charge on any atom is -0.486 e. The minimum atomic E-state index is -0.630.